The molecule has 1 fully saturated rings. The van der Waals surface area contributed by atoms with Crippen molar-refractivity contribution in [2.24, 2.45) is 13.0 Å². The molecule has 0 saturated heterocycles. The minimum absolute atomic E-state index is 0.327. The van der Waals surface area contributed by atoms with Gasteiger partial charge in [-0.1, -0.05) is 0 Å². The van der Waals surface area contributed by atoms with Crippen molar-refractivity contribution in [1.82, 2.24) is 9.78 Å². The first-order chi connectivity index (χ1) is 8.19. The molecule has 0 atom stereocenters. The fraction of sp³-hybridized carbons (Fsp3) is 0.769. The lowest BCUT2D eigenvalue weighted by atomic mass is 9.88. The Bertz CT molecular complexity index is 354. The zero-order chi connectivity index (χ0) is 12.3. The third-order valence-corrected chi connectivity index (χ3v) is 3.62. The highest BCUT2D eigenvalue weighted by molar-refractivity contribution is 5.07. The SMILES string of the molecule is Cc1cc(COC2CCC(CO)CC2)n(C)n1. The van der Waals surface area contributed by atoms with Crippen molar-refractivity contribution in [3.8, 4) is 0 Å². The van der Waals surface area contributed by atoms with Gasteiger partial charge in [0.25, 0.3) is 0 Å². The highest BCUT2D eigenvalue weighted by Gasteiger charge is 2.21. The summed E-state index contributed by atoms with van der Waals surface area (Å²) < 4.78 is 7.80. The monoisotopic (exact) mass is 238 g/mol. The van der Waals surface area contributed by atoms with Gasteiger partial charge in [0, 0.05) is 13.7 Å². The molecule has 17 heavy (non-hydrogen) atoms. The smallest absolute Gasteiger partial charge is 0.0888 e. The van der Waals surface area contributed by atoms with Gasteiger partial charge in [0.15, 0.2) is 0 Å². The summed E-state index contributed by atoms with van der Waals surface area (Å²) in [7, 11) is 1.95. The van der Waals surface area contributed by atoms with Crippen LogP contribution in [0.2, 0.25) is 0 Å². The Hall–Kier alpha value is -0.870. The van der Waals surface area contributed by atoms with E-state index in [4.69, 9.17) is 9.84 Å². The van der Waals surface area contributed by atoms with Gasteiger partial charge in [-0.2, -0.15) is 5.10 Å². The summed E-state index contributed by atoms with van der Waals surface area (Å²) in [4.78, 5) is 0. The van der Waals surface area contributed by atoms with E-state index >= 15 is 0 Å². The van der Waals surface area contributed by atoms with Crippen LogP contribution in [0.4, 0.5) is 0 Å². The molecule has 0 radical (unpaired) electrons. The number of aliphatic hydroxyl groups excluding tert-OH is 1. The summed E-state index contributed by atoms with van der Waals surface area (Å²) in [6, 6.07) is 2.07. The molecule has 1 aromatic heterocycles. The fourth-order valence-electron chi connectivity index (χ4n) is 2.48. The average molecular weight is 238 g/mol. The number of aryl methyl sites for hydroxylation is 2. The van der Waals surface area contributed by atoms with E-state index in [1.54, 1.807) is 0 Å². The molecule has 0 unspecified atom stereocenters. The van der Waals surface area contributed by atoms with E-state index in [1.165, 1.54) is 0 Å². The fourth-order valence-corrected chi connectivity index (χ4v) is 2.48. The van der Waals surface area contributed by atoms with Crippen molar-refractivity contribution in [1.29, 1.82) is 0 Å². The van der Waals surface area contributed by atoms with Crippen molar-refractivity contribution in [2.75, 3.05) is 6.61 Å². The molecule has 1 aliphatic rings. The molecule has 2 rings (SSSR count). The van der Waals surface area contributed by atoms with Gasteiger partial charge >= 0.3 is 0 Å². The number of hydrogen-bond donors (Lipinski definition) is 1. The first-order valence-corrected chi connectivity index (χ1v) is 6.41. The van der Waals surface area contributed by atoms with E-state index in [0.717, 1.165) is 37.1 Å². The van der Waals surface area contributed by atoms with Crippen LogP contribution in [0.1, 0.15) is 37.1 Å². The van der Waals surface area contributed by atoms with E-state index < -0.39 is 0 Å². The average Bonchev–Trinajstić information content (AvgIpc) is 2.66. The molecule has 0 aliphatic heterocycles. The number of ether oxygens (including phenoxy) is 1. The van der Waals surface area contributed by atoms with Crippen LogP contribution >= 0.6 is 0 Å². The molecule has 1 heterocycles. The van der Waals surface area contributed by atoms with Gasteiger partial charge < -0.3 is 9.84 Å². The molecule has 0 bridgehead atoms. The van der Waals surface area contributed by atoms with Gasteiger partial charge in [-0.15, -0.1) is 0 Å². The molecule has 96 valence electrons. The lowest BCUT2D eigenvalue weighted by Crippen LogP contribution is -2.23. The van der Waals surface area contributed by atoms with Gasteiger partial charge in [-0.25, -0.2) is 0 Å². The Kier molecular flexibility index (Phi) is 4.18. The van der Waals surface area contributed by atoms with Crippen LogP contribution in [0.5, 0.6) is 0 Å². The molecule has 1 aliphatic carbocycles. The van der Waals surface area contributed by atoms with Crippen molar-refractivity contribution in [3.05, 3.63) is 17.5 Å². The maximum absolute atomic E-state index is 9.07. The molecule has 1 aromatic rings. The van der Waals surface area contributed by atoms with Gasteiger partial charge in [0.05, 0.1) is 24.1 Å². The van der Waals surface area contributed by atoms with Crippen molar-refractivity contribution in [3.63, 3.8) is 0 Å². The number of aromatic nitrogens is 2. The second-order valence-corrected chi connectivity index (χ2v) is 5.04. The summed E-state index contributed by atoms with van der Waals surface area (Å²) in [5, 5.41) is 13.4. The van der Waals surface area contributed by atoms with Crippen LogP contribution in [-0.2, 0) is 18.4 Å². The predicted octanol–water partition coefficient (Wildman–Crippen LogP) is 1.80. The van der Waals surface area contributed by atoms with Crippen LogP contribution in [0.15, 0.2) is 6.07 Å². The molecule has 0 spiro atoms. The number of hydrogen-bond acceptors (Lipinski definition) is 3. The van der Waals surface area contributed by atoms with E-state index in [2.05, 4.69) is 11.2 Å². The predicted molar refractivity (Wildman–Crippen MR) is 65.6 cm³/mol. The van der Waals surface area contributed by atoms with E-state index in [9.17, 15) is 0 Å². The largest absolute Gasteiger partial charge is 0.396 e. The molecule has 1 N–H and O–H groups in total. The lowest BCUT2D eigenvalue weighted by Gasteiger charge is -2.27. The Morgan fingerprint density at radius 1 is 1.41 bits per heavy atom. The summed E-state index contributed by atoms with van der Waals surface area (Å²) >= 11 is 0. The van der Waals surface area contributed by atoms with E-state index in [-0.39, 0.29) is 0 Å². The maximum Gasteiger partial charge on any atom is 0.0888 e. The highest BCUT2D eigenvalue weighted by Crippen LogP contribution is 2.26. The summed E-state index contributed by atoms with van der Waals surface area (Å²) in [6.45, 7) is 2.97. The Balaban J connectivity index is 1.77. The number of aliphatic hydroxyl groups is 1. The second-order valence-electron chi connectivity index (χ2n) is 5.04. The highest BCUT2D eigenvalue weighted by atomic mass is 16.5. The van der Waals surface area contributed by atoms with Crippen LogP contribution < -0.4 is 0 Å². The van der Waals surface area contributed by atoms with Gasteiger partial charge in [-0.05, 0) is 44.6 Å². The van der Waals surface area contributed by atoms with Gasteiger partial charge in [-0.3, -0.25) is 4.68 Å². The molecule has 0 amide bonds. The summed E-state index contributed by atoms with van der Waals surface area (Å²) in [6.07, 6.45) is 4.68. The number of nitrogens with zero attached hydrogens (tertiary/aromatic N) is 2. The third kappa shape index (κ3) is 3.30. The van der Waals surface area contributed by atoms with Crippen LogP contribution in [-0.4, -0.2) is 27.6 Å². The molecule has 1 saturated carbocycles. The van der Waals surface area contributed by atoms with Crippen molar-refractivity contribution in [2.45, 2.75) is 45.3 Å². The van der Waals surface area contributed by atoms with Crippen LogP contribution in [0.3, 0.4) is 0 Å². The third-order valence-electron chi connectivity index (χ3n) is 3.62. The van der Waals surface area contributed by atoms with Crippen LogP contribution in [0, 0.1) is 12.8 Å². The maximum atomic E-state index is 9.07. The zero-order valence-corrected chi connectivity index (χ0v) is 10.7. The molecular weight excluding hydrogens is 216 g/mol. The normalized spacial score (nSPS) is 25.1. The summed E-state index contributed by atoms with van der Waals surface area (Å²) in [5.74, 6) is 0.494. The second kappa shape index (κ2) is 5.65. The Labute approximate surface area is 103 Å². The molecule has 0 aromatic carbocycles. The minimum Gasteiger partial charge on any atom is -0.396 e. The minimum atomic E-state index is 0.327. The van der Waals surface area contributed by atoms with E-state index in [1.807, 2.05) is 18.7 Å². The topological polar surface area (TPSA) is 47.3 Å². The zero-order valence-electron chi connectivity index (χ0n) is 10.7. The Morgan fingerprint density at radius 2 is 2.12 bits per heavy atom. The Morgan fingerprint density at radius 3 is 2.65 bits per heavy atom. The van der Waals surface area contributed by atoms with Gasteiger partial charge in [0.1, 0.15) is 0 Å². The quantitative estimate of drug-likeness (QED) is 0.870. The van der Waals surface area contributed by atoms with Crippen molar-refractivity contribution < 1.29 is 9.84 Å². The van der Waals surface area contributed by atoms with Crippen molar-refractivity contribution >= 4 is 0 Å². The molecule has 4 nitrogen and oxygen atoms in total. The lowest BCUT2D eigenvalue weighted by molar-refractivity contribution is -0.00129. The van der Waals surface area contributed by atoms with Crippen LogP contribution in [0.25, 0.3) is 0 Å². The first-order valence-electron chi connectivity index (χ1n) is 6.41. The first kappa shape index (κ1) is 12.6. The molecule has 4 heteroatoms. The molecular formula is C13H22N2O2. The van der Waals surface area contributed by atoms with E-state index in [0.29, 0.717) is 25.2 Å². The number of rotatable bonds is 4. The summed E-state index contributed by atoms with van der Waals surface area (Å²) in [5.41, 5.74) is 2.17. The standard InChI is InChI=1S/C13H22N2O2/c1-10-7-12(15(2)14-10)9-17-13-5-3-11(8-16)4-6-13/h7,11,13,16H,3-6,8-9H2,1-2H3. The van der Waals surface area contributed by atoms with Gasteiger partial charge in [0.2, 0.25) is 0 Å².